The van der Waals surface area contributed by atoms with Crippen LogP contribution in [-0.4, -0.2) is 28.7 Å². The molecule has 0 aromatic carbocycles. The molecule has 1 aliphatic heterocycles. The summed E-state index contributed by atoms with van der Waals surface area (Å²) in [5, 5.41) is 3.37. The Morgan fingerprint density at radius 1 is 1.22 bits per heavy atom. The predicted molar refractivity (Wildman–Crippen MR) is 44.9 cm³/mol. The summed E-state index contributed by atoms with van der Waals surface area (Å²) in [6.07, 6.45) is 0. The highest BCUT2D eigenvalue weighted by atomic mass is 79.9. The van der Waals surface area contributed by atoms with Crippen molar-refractivity contribution in [1.82, 2.24) is 5.32 Å². The number of nitrogens with one attached hydrogen (secondary N) is 1. The van der Waals surface area contributed by atoms with E-state index in [1.165, 1.54) is 0 Å². The molecular weight excluding hydrogens is 225 g/mol. The molecule has 1 N–H and O–H groups in total. The van der Waals surface area contributed by atoms with Crippen LogP contribution < -0.4 is 5.32 Å². The van der Waals surface area contributed by atoms with Gasteiger partial charge >= 0.3 is 0 Å². The highest BCUT2D eigenvalue weighted by Gasteiger charge is 2.27. The van der Waals surface area contributed by atoms with E-state index in [1.807, 2.05) is 0 Å². The smallest absolute Gasteiger partial charge is 0.0600 e. The van der Waals surface area contributed by atoms with Crippen molar-refractivity contribution in [3.63, 3.8) is 0 Å². The standard InChI is InChI=1S/C5H8BrCl2N/c6-5-3(7)1-9-2-4(5)8/h3-5,9H,1-2H2. The van der Waals surface area contributed by atoms with Gasteiger partial charge in [-0.3, -0.25) is 0 Å². The molecular formula is C5H8BrCl2N. The molecule has 0 aliphatic carbocycles. The van der Waals surface area contributed by atoms with Crippen LogP contribution in [-0.2, 0) is 0 Å². The maximum Gasteiger partial charge on any atom is 0.0600 e. The molecule has 1 heterocycles. The Hall–Kier alpha value is 1.02. The van der Waals surface area contributed by atoms with Gasteiger partial charge in [-0.25, -0.2) is 0 Å². The van der Waals surface area contributed by atoms with E-state index in [9.17, 15) is 0 Å². The van der Waals surface area contributed by atoms with Crippen LogP contribution in [0.1, 0.15) is 0 Å². The van der Waals surface area contributed by atoms with Crippen molar-refractivity contribution < 1.29 is 0 Å². The van der Waals surface area contributed by atoms with E-state index in [0.717, 1.165) is 13.1 Å². The fourth-order valence-corrected chi connectivity index (χ4v) is 1.83. The summed E-state index contributed by atoms with van der Waals surface area (Å²) in [4.78, 5) is 0.252. The van der Waals surface area contributed by atoms with Gasteiger partial charge in [0.2, 0.25) is 0 Å². The molecule has 0 saturated carbocycles. The molecule has 0 amide bonds. The van der Waals surface area contributed by atoms with E-state index >= 15 is 0 Å². The van der Waals surface area contributed by atoms with Gasteiger partial charge in [0.15, 0.2) is 0 Å². The highest BCUT2D eigenvalue weighted by Crippen LogP contribution is 2.22. The summed E-state index contributed by atoms with van der Waals surface area (Å²) in [5.41, 5.74) is 0. The molecule has 1 aliphatic rings. The van der Waals surface area contributed by atoms with Crippen LogP contribution >= 0.6 is 39.1 Å². The van der Waals surface area contributed by atoms with E-state index in [0.29, 0.717) is 0 Å². The van der Waals surface area contributed by atoms with Crippen LogP contribution in [0.15, 0.2) is 0 Å². The Labute approximate surface area is 73.2 Å². The van der Waals surface area contributed by atoms with Gasteiger partial charge in [-0.1, -0.05) is 15.9 Å². The van der Waals surface area contributed by atoms with E-state index < -0.39 is 0 Å². The van der Waals surface area contributed by atoms with Gasteiger partial charge in [0.05, 0.1) is 10.8 Å². The first-order valence-corrected chi connectivity index (χ1v) is 4.63. The third-order valence-electron chi connectivity index (χ3n) is 1.37. The number of halogens is 3. The lowest BCUT2D eigenvalue weighted by Gasteiger charge is -2.27. The number of piperidine rings is 1. The summed E-state index contributed by atoms with van der Waals surface area (Å²) in [6.45, 7) is 1.70. The Morgan fingerprint density at radius 2 is 1.67 bits per heavy atom. The minimum absolute atomic E-state index is 0.126. The SMILES string of the molecule is ClC1CNCC(Cl)C1Br. The molecule has 0 radical (unpaired) electrons. The number of alkyl halides is 3. The average molecular weight is 233 g/mol. The summed E-state index contributed by atoms with van der Waals surface area (Å²) < 4.78 is 0. The van der Waals surface area contributed by atoms with Crippen molar-refractivity contribution in [2.24, 2.45) is 0 Å². The second-order valence-corrected chi connectivity index (χ2v) is 4.31. The molecule has 2 atom stereocenters. The number of hydrogen-bond donors (Lipinski definition) is 1. The van der Waals surface area contributed by atoms with E-state index in [-0.39, 0.29) is 15.6 Å². The van der Waals surface area contributed by atoms with Crippen molar-refractivity contribution in [2.75, 3.05) is 13.1 Å². The molecule has 0 spiro atoms. The summed E-state index contributed by atoms with van der Waals surface area (Å²) in [5.74, 6) is 0. The molecule has 0 aromatic rings. The zero-order valence-electron chi connectivity index (χ0n) is 4.78. The lowest BCUT2D eigenvalue weighted by molar-refractivity contribution is 0.549. The van der Waals surface area contributed by atoms with E-state index in [1.54, 1.807) is 0 Å². The molecule has 9 heavy (non-hydrogen) atoms. The Morgan fingerprint density at radius 3 is 2.00 bits per heavy atom. The summed E-state index contributed by atoms with van der Waals surface area (Å²) >= 11 is 15.2. The largest absolute Gasteiger partial charge is 0.314 e. The first-order valence-electron chi connectivity index (χ1n) is 2.84. The quantitative estimate of drug-likeness (QED) is 0.626. The van der Waals surface area contributed by atoms with Crippen LogP contribution in [0.25, 0.3) is 0 Å². The van der Waals surface area contributed by atoms with Gasteiger partial charge in [0, 0.05) is 17.9 Å². The third kappa shape index (κ3) is 1.97. The molecule has 1 saturated heterocycles. The van der Waals surface area contributed by atoms with Crippen LogP contribution in [0.2, 0.25) is 0 Å². The van der Waals surface area contributed by atoms with Gasteiger partial charge in [-0.15, -0.1) is 23.2 Å². The Kier molecular flexibility index (Phi) is 3.09. The maximum absolute atomic E-state index is 5.87. The maximum atomic E-state index is 5.87. The van der Waals surface area contributed by atoms with Crippen molar-refractivity contribution in [1.29, 1.82) is 0 Å². The van der Waals surface area contributed by atoms with Gasteiger partial charge in [-0.2, -0.15) is 0 Å². The van der Waals surface area contributed by atoms with Crippen LogP contribution in [0.3, 0.4) is 0 Å². The zero-order valence-corrected chi connectivity index (χ0v) is 7.88. The second-order valence-electron chi connectivity index (χ2n) is 2.13. The second kappa shape index (κ2) is 3.42. The molecule has 1 nitrogen and oxygen atoms in total. The topological polar surface area (TPSA) is 12.0 Å². The molecule has 54 valence electrons. The van der Waals surface area contributed by atoms with Crippen molar-refractivity contribution in [3.8, 4) is 0 Å². The summed E-state index contributed by atoms with van der Waals surface area (Å²) in [7, 11) is 0. The predicted octanol–water partition coefficient (Wildman–Crippen LogP) is 1.57. The molecule has 4 heteroatoms. The van der Waals surface area contributed by atoms with Gasteiger partial charge in [0.1, 0.15) is 0 Å². The minimum atomic E-state index is 0.126. The molecule has 1 fully saturated rings. The fraction of sp³-hybridized carbons (Fsp3) is 1.00. The lowest BCUT2D eigenvalue weighted by Crippen LogP contribution is -2.45. The van der Waals surface area contributed by atoms with Crippen molar-refractivity contribution in [2.45, 2.75) is 15.6 Å². The fourth-order valence-electron chi connectivity index (χ4n) is 0.811. The highest BCUT2D eigenvalue weighted by molar-refractivity contribution is 9.09. The Bertz CT molecular complexity index is 91.0. The minimum Gasteiger partial charge on any atom is -0.314 e. The summed E-state index contributed by atoms with van der Waals surface area (Å²) in [6, 6.07) is 0. The van der Waals surface area contributed by atoms with Crippen LogP contribution in [0, 0.1) is 0 Å². The number of hydrogen-bond acceptors (Lipinski definition) is 1. The molecule has 0 bridgehead atoms. The Balaban J connectivity index is 2.41. The van der Waals surface area contributed by atoms with Crippen molar-refractivity contribution >= 4 is 39.1 Å². The third-order valence-corrected chi connectivity index (χ3v) is 4.11. The lowest BCUT2D eigenvalue weighted by atomic mass is 10.1. The normalized spacial score (nSPS) is 45.0. The first-order chi connectivity index (χ1) is 4.22. The molecule has 0 aromatic heterocycles. The monoisotopic (exact) mass is 231 g/mol. The van der Waals surface area contributed by atoms with Gasteiger partial charge in [-0.05, 0) is 0 Å². The van der Waals surface area contributed by atoms with Crippen molar-refractivity contribution in [3.05, 3.63) is 0 Å². The van der Waals surface area contributed by atoms with Crippen LogP contribution in [0.5, 0.6) is 0 Å². The van der Waals surface area contributed by atoms with Crippen LogP contribution in [0.4, 0.5) is 0 Å². The number of rotatable bonds is 0. The zero-order chi connectivity index (χ0) is 6.85. The van der Waals surface area contributed by atoms with Gasteiger partial charge in [0.25, 0.3) is 0 Å². The average Bonchev–Trinajstić information content (AvgIpc) is 1.83. The van der Waals surface area contributed by atoms with Gasteiger partial charge < -0.3 is 5.32 Å². The van der Waals surface area contributed by atoms with E-state index in [2.05, 4.69) is 21.2 Å². The molecule has 2 unspecified atom stereocenters. The first kappa shape index (κ1) is 8.12. The molecule has 1 rings (SSSR count). The van der Waals surface area contributed by atoms with E-state index in [4.69, 9.17) is 23.2 Å².